The SMILES string of the molecule is CCN(CC1CCN(Cc2ccccc2)C1)C(=O)CC(C)N. The lowest BCUT2D eigenvalue weighted by molar-refractivity contribution is -0.131. The molecule has 1 aliphatic rings. The summed E-state index contributed by atoms with van der Waals surface area (Å²) in [5, 5.41) is 0. The molecule has 122 valence electrons. The van der Waals surface area contributed by atoms with E-state index >= 15 is 0 Å². The van der Waals surface area contributed by atoms with Crippen molar-refractivity contribution in [1.29, 1.82) is 0 Å². The number of hydrogen-bond donors (Lipinski definition) is 1. The average molecular weight is 303 g/mol. The molecule has 0 spiro atoms. The fourth-order valence-corrected chi connectivity index (χ4v) is 3.17. The molecule has 0 aromatic heterocycles. The highest BCUT2D eigenvalue weighted by atomic mass is 16.2. The van der Waals surface area contributed by atoms with E-state index < -0.39 is 0 Å². The van der Waals surface area contributed by atoms with Gasteiger partial charge in [0.25, 0.3) is 0 Å². The van der Waals surface area contributed by atoms with Crippen LogP contribution in [0.1, 0.15) is 32.3 Å². The van der Waals surface area contributed by atoms with Gasteiger partial charge in [0, 0.05) is 38.6 Å². The van der Waals surface area contributed by atoms with Crippen LogP contribution in [0.3, 0.4) is 0 Å². The van der Waals surface area contributed by atoms with Gasteiger partial charge in [-0.25, -0.2) is 0 Å². The van der Waals surface area contributed by atoms with Crippen molar-refractivity contribution >= 4 is 5.91 Å². The van der Waals surface area contributed by atoms with Gasteiger partial charge < -0.3 is 10.6 Å². The molecular weight excluding hydrogens is 274 g/mol. The van der Waals surface area contributed by atoms with E-state index in [0.29, 0.717) is 12.3 Å². The van der Waals surface area contributed by atoms with Gasteiger partial charge in [-0.15, -0.1) is 0 Å². The van der Waals surface area contributed by atoms with Gasteiger partial charge in [0.05, 0.1) is 0 Å². The zero-order valence-corrected chi connectivity index (χ0v) is 13.9. The molecule has 4 nitrogen and oxygen atoms in total. The largest absolute Gasteiger partial charge is 0.343 e. The quantitative estimate of drug-likeness (QED) is 0.839. The molecule has 0 radical (unpaired) electrons. The van der Waals surface area contributed by atoms with Crippen molar-refractivity contribution in [2.45, 2.75) is 39.3 Å². The van der Waals surface area contributed by atoms with Crippen molar-refractivity contribution in [3.63, 3.8) is 0 Å². The Balaban J connectivity index is 1.81. The zero-order chi connectivity index (χ0) is 15.9. The molecule has 2 rings (SSSR count). The lowest BCUT2D eigenvalue weighted by atomic mass is 10.1. The Bertz CT molecular complexity index is 461. The monoisotopic (exact) mass is 303 g/mol. The number of hydrogen-bond acceptors (Lipinski definition) is 3. The number of nitrogens with zero attached hydrogens (tertiary/aromatic N) is 2. The highest BCUT2D eigenvalue weighted by Gasteiger charge is 2.25. The fraction of sp³-hybridized carbons (Fsp3) is 0.611. The predicted octanol–water partition coefficient (Wildman–Crippen LogP) is 2.09. The van der Waals surface area contributed by atoms with Crippen molar-refractivity contribution in [3.05, 3.63) is 35.9 Å². The lowest BCUT2D eigenvalue weighted by Gasteiger charge is -2.25. The van der Waals surface area contributed by atoms with Gasteiger partial charge in [-0.1, -0.05) is 30.3 Å². The van der Waals surface area contributed by atoms with Crippen molar-refractivity contribution in [2.75, 3.05) is 26.2 Å². The van der Waals surface area contributed by atoms with Crippen LogP contribution in [0.5, 0.6) is 0 Å². The first-order chi connectivity index (χ1) is 10.6. The molecule has 1 aliphatic heterocycles. The smallest absolute Gasteiger partial charge is 0.224 e. The number of carbonyl (C=O) groups excluding carboxylic acids is 1. The molecule has 22 heavy (non-hydrogen) atoms. The standard InChI is InChI=1S/C18H29N3O/c1-3-21(18(22)11-15(2)19)14-17-9-10-20(13-17)12-16-7-5-4-6-8-16/h4-8,15,17H,3,9-14,19H2,1-2H3. The summed E-state index contributed by atoms with van der Waals surface area (Å²) in [5.74, 6) is 0.778. The van der Waals surface area contributed by atoms with Crippen LogP contribution in [0.15, 0.2) is 30.3 Å². The maximum Gasteiger partial charge on any atom is 0.224 e. The Labute approximate surface area is 134 Å². The topological polar surface area (TPSA) is 49.6 Å². The third-order valence-electron chi connectivity index (χ3n) is 4.33. The van der Waals surface area contributed by atoms with Gasteiger partial charge in [0.1, 0.15) is 0 Å². The molecular formula is C18H29N3O. The van der Waals surface area contributed by atoms with Gasteiger partial charge >= 0.3 is 0 Å². The fourth-order valence-electron chi connectivity index (χ4n) is 3.17. The maximum atomic E-state index is 12.2. The minimum absolute atomic E-state index is 0.0558. The molecule has 2 unspecified atom stereocenters. The summed E-state index contributed by atoms with van der Waals surface area (Å²) < 4.78 is 0. The van der Waals surface area contributed by atoms with E-state index in [4.69, 9.17) is 5.73 Å². The van der Waals surface area contributed by atoms with E-state index in [0.717, 1.165) is 32.7 Å². The minimum Gasteiger partial charge on any atom is -0.343 e. The number of nitrogens with two attached hydrogens (primary N) is 1. The summed E-state index contributed by atoms with van der Waals surface area (Å²) in [6.45, 7) is 8.81. The van der Waals surface area contributed by atoms with E-state index in [2.05, 4.69) is 42.2 Å². The van der Waals surface area contributed by atoms with Crippen LogP contribution < -0.4 is 5.73 Å². The number of amides is 1. The highest BCUT2D eigenvalue weighted by Crippen LogP contribution is 2.20. The number of carbonyl (C=O) groups is 1. The third kappa shape index (κ3) is 5.11. The second kappa shape index (κ2) is 8.30. The number of rotatable bonds is 7. The molecule has 1 amide bonds. The molecule has 4 heteroatoms. The van der Waals surface area contributed by atoms with Crippen LogP contribution in [-0.4, -0.2) is 47.9 Å². The molecule has 0 saturated carbocycles. The maximum absolute atomic E-state index is 12.2. The molecule has 1 heterocycles. The normalized spacial score (nSPS) is 20.0. The lowest BCUT2D eigenvalue weighted by Crippen LogP contribution is -2.38. The van der Waals surface area contributed by atoms with Gasteiger partial charge in [-0.05, 0) is 38.3 Å². The first-order valence-corrected chi connectivity index (χ1v) is 8.38. The second-order valence-corrected chi connectivity index (χ2v) is 6.49. The van der Waals surface area contributed by atoms with Crippen molar-refractivity contribution in [1.82, 2.24) is 9.80 Å². The van der Waals surface area contributed by atoms with Gasteiger partial charge in [0.15, 0.2) is 0 Å². The van der Waals surface area contributed by atoms with Gasteiger partial charge in [0.2, 0.25) is 5.91 Å². The second-order valence-electron chi connectivity index (χ2n) is 6.49. The van der Waals surface area contributed by atoms with E-state index in [-0.39, 0.29) is 11.9 Å². The zero-order valence-electron chi connectivity index (χ0n) is 13.9. The van der Waals surface area contributed by atoms with E-state index in [1.54, 1.807) is 0 Å². The molecule has 1 fully saturated rings. The first-order valence-electron chi connectivity index (χ1n) is 8.38. The third-order valence-corrected chi connectivity index (χ3v) is 4.33. The Kier molecular flexibility index (Phi) is 6.40. The Morgan fingerprint density at radius 2 is 2.14 bits per heavy atom. The van der Waals surface area contributed by atoms with Crippen LogP contribution in [-0.2, 0) is 11.3 Å². The molecule has 1 aromatic rings. The summed E-state index contributed by atoms with van der Waals surface area (Å²) in [5.41, 5.74) is 7.11. The molecule has 0 aliphatic carbocycles. The summed E-state index contributed by atoms with van der Waals surface area (Å²) in [6.07, 6.45) is 1.63. The number of likely N-dealkylation sites (tertiary alicyclic amines) is 1. The first kappa shape index (κ1) is 17.0. The predicted molar refractivity (Wildman–Crippen MR) is 90.3 cm³/mol. The van der Waals surface area contributed by atoms with Crippen molar-refractivity contribution < 1.29 is 4.79 Å². The summed E-state index contributed by atoms with van der Waals surface area (Å²) in [4.78, 5) is 16.6. The summed E-state index contributed by atoms with van der Waals surface area (Å²) in [7, 11) is 0. The van der Waals surface area contributed by atoms with Crippen LogP contribution in [0.2, 0.25) is 0 Å². The Hall–Kier alpha value is -1.39. The summed E-state index contributed by atoms with van der Waals surface area (Å²) >= 11 is 0. The van der Waals surface area contributed by atoms with E-state index in [1.807, 2.05) is 11.8 Å². The Morgan fingerprint density at radius 3 is 2.77 bits per heavy atom. The van der Waals surface area contributed by atoms with Gasteiger partial charge in [-0.3, -0.25) is 9.69 Å². The van der Waals surface area contributed by atoms with Crippen molar-refractivity contribution in [3.8, 4) is 0 Å². The molecule has 1 aromatic carbocycles. The van der Waals surface area contributed by atoms with E-state index in [1.165, 1.54) is 12.0 Å². The molecule has 1 saturated heterocycles. The average Bonchev–Trinajstić information content (AvgIpc) is 2.92. The van der Waals surface area contributed by atoms with Crippen LogP contribution >= 0.6 is 0 Å². The summed E-state index contributed by atoms with van der Waals surface area (Å²) in [6, 6.07) is 10.5. The number of benzene rings is 1. The van der Waals surface area contributed by atoms with Crippen LogP contribution in [0, 0.1) is 5.92 Å². The van der Waals surface area contributed by atoms with Crippen molar-refractivity contribution in [2.24, 2.45) is 11.7 Å². The molecule has 2 N–H and O–H groups in total. The van der Waals surface area contributed by atoms with E-state index in [9.17, 15) is 4.79 Å². The molecule has 2 atom stereocenters. The van der Waals surface area contributed by atoms with Gasteiger partial charge in [-0.2, -0.15) is 0 Å². The van der Waals surface area contributed by atoms with Crippen LogP contribution in [0.25, 0.3) is 0 Å². The highest BCUT2D eigenvalue weighted by molar-refractivity contribution is 5.76. The minimum atomic E-state index is -0.0558. The molecule has 0 bridgehead atoms. The van der Waals surface area contributed by atoms with Crippen LogP contribution in [0.4, 0.5) is 0 Å². The Morgan fingerprint density at radius 1 is 1.41 bits per heavy atom.